The molecule has 1 N–H and O–H groups in total. The van der Waals surface area contributed by atoms with Gasteiger partial charge in [0.1, 0.15) is 0 Å². The Balaban J connectivity index is 1.58. The fourth-order valence-electron chi connectivity index (χ4n) is 3.60. The van der Waals surface area contributed by atoms with Gasteiger partial charge in [-0.2, -0.15) is 0 Å². The molecule has 6 nitrogen and oxygen atoms in total. The lowest BCUT2D eigenvalue weighted by molar-refractivity contribution is -0.147. The molecule has 2 heterocycles. The molecule has 2 amide bonds. The van der Waals surface area contributed by atoms with Gasteiger partial charge in [-0.15, -0.1) is 0 Å². The average Bonchev–Trinajstić information content (AvgIpc) is 3.38. The summed E-state index contributed by atoms with van der Waals surface area (Å²) in [5, 5.41) is 9.14. The minimum atomic E-state index is -0.813. The average molecular weight is 308 g/mol. The smallest absolute Gasteiger partial charge is 0.308 e. The van der Waals surface area contributed by atoms with E-state index in [-0.39, 0.29) is 23.7 Å². The zero-order valence-corrected chi connectivity index (χ0v) is 12.9. The quantitative estimate of drug-likeness (QED) is 0.842. The van der Waals surface area contributed by atoms with Gasteiger partial charge < -0.3 is 14.9 Å². The highest BCUT2D eigenvalue weighted by Crippen LogP contribution is 2.33. The Morgan fingerprint density at radius 3 is 1.77 bits per heavy atom. The summed E-state index contributed by atoms with van der Waals surface area (Å²) in [7, 11) is 0. The Bertz CT molecular complexity index is 475. The maximum atomic E-state index is 12.7. The fraction of sp³-hybridized carbons (Fsp3) is 0.812. The van der Waals surface area contributed by atoms with Gasteiger partial charge in [-0.1, -0.05) is 0 Å². The maximum Gasteiger partial charge on any atom is 0.308 e. The van der Waals surface area contributed by atoms with Crippen LogP contribution in [0, 0.1) is 17.8 Å². The molecule has 2 saturated heterocycles. The molecule has 22 heavy (non-hydrogen) atoms. The highest BCUT2D eigenvalue weighted by Gasteiger charge is 2.38. The van der Waals surface area contributed by atoms with Crippen LogP contribution in [-0.2, 0) is 14.4 Å². The van der Waals surface area contributed by atoms with Crippen LogP contribution in [0.5, 0.6) is 0 Å². The van der Waals surface area contributed by atoms with Crippen LogP contribution in [0.3, 0.4) is 0 Å². The van der Waals surface area contributed by atoms with E-state index >= 15 is 0 Å². The second-order valence-corrected chi connectivity index (χ2v) is 6.86. The number of amides is 2. The lowest BCUT2D eigenvalue weighted by Crippen LogP contribution is -2.50. The van der Waals surface area contributed by atoms with Crippen molar-refractivity contribution >= 4 is 17.8 Å². The molecule has 0 unspecified atom stereocenters. The molecule has 2 atom stereocenters. The highest BCUT2D eigenvalue weighted by molar-refractivity contribution is 5.84. The molecule has 122 valence electrons. The molecular formula is C16H24N2O4. The molecular weight excluding hydrogens is 284 g/mol. The first-order chi connectivity index (χ1) is 10.6. The van der Waals surface area contributed by atoms with Crippen LogP contribution in [-0.4, -0.2) is 58.9 Å². The minimum absolute atomic E-state index is 0.0410. The first-order valence-corrected chi connectivity index (χ1v) is 8.36. The normalized spacial score (nSPS) is 29.3. The largest absolute Gasteiger partial charge is 0.481 e. The number of aliphatic carboxylic acids is 1. The third kappa shape index (κ3) is 3.25. The van der Waals surface area contributed by atoms with E-state index in [0.29, 0.717) is 26.1 Å². The van der Waals surface area contributed by atoms with Crippen molar-refractivity contribution in [2.45, 2.75) is 38.5 Å². The number of nitrogens with zero attached hydrogens (tertiary/aromatic N) is 2. The summed E-state index contributed by atoms with van der Waals surface area (Å²) in [5.41, 5.74) is 0. The van der Waals surface area contributed by atoms with Gasteiger partial charge >= 0.3 is 5.97 Å². The minimum Gasteiger partial charge on any atom is -0.481 e. The second-order valence-electron chi connectivity index (χ2n) is 6.86. The van der Waals surface area contributed by atoms with Crippen molar-refractivity contribution < 1.29 is 19.5 Å². The summed E-state index contributed by atoms with van der Waals surface area (Å²) >= 11 is 0. The number of likely N-dealkylation sites (tertiary alicyclic amines) is 2. The van der Waals surface area contributed by atoms with Crippen LogP contribution < -0.4 is 0 Å². The first kappa shape index (κ1) is 15.3. The maximum absolute atomic E-state index is 12.7. The Kier molecular flexibility index (Phi) is 4.36. The van der Waals surface area contributed by atoms with Crippen molar-refractivity contribution in [2.75, 3.05) is 26.2 Å². The van der Waals surface area contributed by atoms with Crippen molar-refractivity contribution in [2.24, 2.45) is 17.8 Å². The zero-order valence-electron chi connectivity index (χ0n) is 12.9. The molecule has 1 aliphatic carbocycles. The topological polar surface area (TPSA) is 77.9 Å². The van der Waals surface area contributed by atoms with E-state index in [2.05, 4.69) is 0 Å². The van der Waals surface area contributed by atoms with Crippen LogP contribution in [0.4, 0.5) is 0 Å². The van der Waals surface area contributed by atoms with Crippen LogP contribution >= 0.6 is 0 Å². The molecule has 6 heteroatoms. The third-order valence-corrected chi connectivity index (χ3v) is 5.09. The van der Waals surface area contributed by atoms with E-state index < -0.39 is 11.9 Å². The summed E-state index contributed by atoms with van der Waals surface area (Å²) < 4.78 is 0. The Morgan fingerprint density at radius 1 is 0.727 bits per heavy atom. The summed E-state index contributed by atoms with van der Waals surface area (Å²) in [4.78, 5) is 39.5. The predicted octanol–water partition coefficient (Wildman–Crippen LogP) is 0.958. The van der Waals surface area contributed by atoms with Crippen LogP contribution in [0.15, 0.2) is 0 Å². The molecule has 0 aromatic rings. The van der Waals surface area contributed by atoms with Crippen molar-refractivity contribution in [1.82, 2.24) is 9.80 Å². The molecule has 0 bridgehead atoms. The molecule has 0 aromatic heterocycles. The van der Waals surface area contributed by atoms with Crippen LogP contribution in [0.2, 0.25) is 0 Å². The number of piperidine rings is 2. The lowest BCUT2D eigenvalue weighted by Gasteiger charge is -2.37. The number of carbonyl (C=O) groups is 3. The molecule has 0 radical (unpaired) electrons. The monoisotopic (exact) mass is 308 g/mol. The Morgan fingerprint density at radius 2 is 1.23 bits per heavy atom. The van der Waals surface area contributed by atoms with E-state index in [1.165, 1.54) is 0 Å². The highest BCUT2D eigenvalue weighted by atomic mass is 16.4. The number of carboxylic acid groups (broad SMARTS) is 1. The number of hydrogen-bond acceptors (Lipinski definition) is 3. The molecule has 3 fully saturated rings. The zero-order chi connectivity index (χ0) is 15.7. The number of hydrogen-bond donors (Lipinski definition) is 1. The van der Waals surface area contributed by atoms with Crippen molar-refractivity contribution in [3.63, 3.8) is 0 Å². The van der Waals surface area contributed by atoms with Crippen molar-refractivity contribution in [3.05, 3.63) is 0 Å². The van der Waals surface area contributed by atoms with Gasteiger partial charge in [0.2, 0.25) is 11.8 Å². The fourth-order valence-corrected chi connectivity index (χ4v) is 3.60. The summed E-state index contributed by atoms with van der Waals surface area (Å²) in [5.74, 6) is -0.958. The van der Waals surface area contributed by atoms with E-state index in [1.807, 2.05) is 4.90 Å². The van der Waals surface area contributed by atoms with Gasteiger partial charge in [0.25, 0.3) is 0 Å². The molecule has 1 saturated carbocycles. The molecule has 0 spiro atoms. The van der Waals surface area contributed by atoms with E-state index in [9.17, 15) is 14.4 Å². The second kappa shape index (κ2) is 6.26. The van der Waals surface area contributed by atoms with Gasteiger partial charge in [-0.25, -0.2) is 0 Å². The molecule has 2 aliphatic heterocycles. The van der Waals surface area contributed by atoms with Crippen molar-refractivity contribution in [3.8, 4) is 0 Å². The van der Waals surface area contributed by atoms with Gasteiger partial charge in [0, 0.05) is 32.1 Å². The summed E-state index contributed by atoms with van der Waals surface area (Å²) in [6, 6.07) is 0. The van der Waals surface area contributed by atoms with Gasteiger partial charge in [0.05, 0.1) is 11.8 Å². The van der Waals surface area contributed by atoms with Gasteiger partial charge in [0.15, 0.2) is 0 Å². The lowest BCUT2D eigenvalue weighted by atomic mass is 9.93. The van der Waals surface area contributed by atoms with E-state index in [1.54, 1.807) is 4.90 Å². The SMILES string of the molecule is O=C(O)[C@@H]1CCCN(C(=O)[C@H]2CCCN(C(=O)C3CC3)C2)C1. The van der Waals surface area contributed by atoms with Crippen molar-refractivity contribution in [1.29, 1.82) is 0 Å². The number of carbonyl (C=O) groups excluding carboxylic acids is 2. The van der Waals surface area contributed by atoms with Gasteiger partial charge in [-0.05, 0) is 38.5 Å². The molecule has 3 aliphatic rings. The standard InChI is InChI=1S/C16H24N2O4/c19-14(11-5-6-11)17-7-1-3-12(9-17)15(20)18-8-2-4-13(10-18)16(21)22/h11-13H,1-10H2,(H,21,22)/t12-,13+/m0/s1. The van der Waals surface area contributed by atoms with E-state index in [4.69, 9.17) is 5.11 Å². The Labute approximate surface area is 130 Å². The predicted molar refractivity (Wildman–Crippen MR) is 79.0 cm³/mol. The first-order valence-electron chi connectivity index (χ1n) is 8.36. The number of carboxylic acids is 1. The summed E-state index contributed by atoms with van der Waals surface area (Å²) in [6.07, 6.45) is 5.05. The molecule has 0 aromatic carbocycles. The Hall–Kier alpha value is -1.59. The van der Waals surface area contributed by atoms with E-state index in [0.717, 1.165) is 38.6 Å². The van der Waals surface area contributed by atoms with Gasteiger partial charge in [-0.3, -0.25) is 14.4 Å². The molecule has 3 rings (SSSR count). The summed E-state index contributed by atoms with van der Waals surface area (Å²) in [6.45, 7) is 2.25. The van der Waals surface area contributed by atoms with Crippen LogP contribution in [0.25, 0.3) is 0 Å². The van der Waals surface area contributed by atoms with Crippen LogP contribution in [0.1, 0.15) is 38.5 Å². The third-order valence-electron chi connectivity index (χ3n) is 5.09. The number of rotatable bonds is 3.